The van der Waals surface area contributed by atoms with E-state index in [4.69, 9.17) is 4.55 Å². The molecule has 0 bridgehead atoms. The lowest BCUT2D eigenvalue weighted by Crippen LogP contribution is -2.39. The van der Waals surface area contributed by atoms with Gasteiger partial charge >= 0.3 is 11.3 Å². The predicted molar refractivity (Wildman–Crippen MR) is 61.4 cm³/mol. The Morgan fingerprint density at radius 3 is 2.61 bits per heavy atom. The zero-order chi connectivity index (χ0) is 13.6. The first-order valence-electron chi connectivity index (χ1n) is 5.73. The third-order valence-electron chi connectivity index (χ3n) is 2.77. The number of rotatable bonds is 5. The zero-order valence-corrected chi connectivity index (χ0v) is 10.5. The van der Waals surface area contributed by atoms with E-state index >= 15 is 0 Å². The Morgan fingerprint density at radius 2 is 2.06 bits per heavy atom. The van der Waals surface area contributed by atoms with Crippen molar-refractivity contribution < 1.29 is 27.3 Å². The second-order valence-corrected chi connectivity index (χ2v) is 4.93. The molecule has 1 rings (SSSR count). The standard InChI is InChI=1S/C10H16F3NO3S/c11-8(10(12,13)18-16)6-17-9(15)14-7-4-2-1-3-5-7/h7-8,16H,1-6H2,(H,14,15). The maximum atomic E-state index is 12.9. The molecule has 0 aliphatic heterocycles. The molecule has 1 atom stereocenters. The van der Waals surface area contributed by atoms with Crippen molar-refractivity contribution >= 4 is 18.1 Å². The number of amides is 1. The van der Waals surface area contributed by atoms with Gasteiger partial charge in [0.1, 0.15) is 6.61 Å². The van der Waals surface area contributed by atoms with E-state index in [1.54, 1.807) is 0 Å². The molecule has 1 amide bonds. The van der Waals surface area contributed by atoms with E-state index < -0.39 is 36.2 Å². The Morgan fingerprint density at radius 1 is 1.44 bits per heavy atom. The highest BCUT2D eigenvalue weighted by Crippen LogP contribution is 2.32. The summed E-state index contributed by atoms with van der Waals surface area (Å²) in [4.78, 5) is 11.2. The molecule has 0 aromatic rings. The van der Waals surface area contributed by atoms with E-state index in [0.717, 1.165) is 32.1 Å². The third kappa shape index (κ3) is 4.93. The summed E-state index contributed by atoms with van der Waals surface area (Å²) in [7, 11) is 0. The summed E-state index contributed by atoms with van der Waals surface area (Å²) < 4.78 is 50.6. The Balaban J connectivity index is 2.24. The number of halogens is 3. The molecule has 0 heterocycles. The quantitative estimate of drug-likeness (QED) is 0.762. The lowest BCUT2D eigenvalue weighted by atomic mass is 9.96. The molecule has 0 radical (unpaired) electrons. The summed E-state index contributed by atoms with van der Waals surface area (Å²) >= 11 is -0.898. The Bertz CT molecular complexity index is 275. The van der Waals surface area contributed by atoms with Crippen LogP contribution < -0.4 is 5.32 Å². The minimum Gasteiger partial charge on any atom is -0.446 e. The molecule has 0 aromatic heterocycles. The van der Waals surface area contributed by atoms with Crippen LogP contribution in [0.15, 0.2) is 0 Å². The first kappa shape index (κ1) is 15.4. The lowest BCUT2D eigenvalue weighted by molar-refractivity contribution is -0.0209. The van der Waals surface area contributed by atoms with Crippen LogP contribution in [0.5, 0.6) is 0 Å². The van der Waals surface area contributed by atoms with Crippen LogP contribution in [0.4, 0.5) is 18.0 Å². The number of alkyl halides is 3. The molecule has 1 fully saturated rings. The summed E-state index contributed by atoms with van der Waals surface area (Å²) in [6, 6.07) is -0.0305. The van der Waals surface area contributed by atoms with Gasteiger partial charge in [0.15, 0.2) is 0 Å². The van der Waals surface area contributed by atoms with Gasteiger partial charge in [0, 0.05) is 6.04 Å². The zero-order valence-electron chi connectivity index (χ0n) is 9.70. The lowest BCUT2D eigenvalue weighted by Gasteiger charge is -2.23. The van der Waals surface area contributed by atoms with Gasteiger partial charge in [-0.15, -0.1) is 0 Å². The van der Waals surface area contributed by atoms with Crippen LogP contribution in [0.1, 0.15) is 32.1 Å². The van der Waals surface area contributed by atoms with Gasteiger partial charge < -0.3 is 14.6 Å². The average molecular weight is 287 g/mol. The highest BCUT2D eigenvalue weighted by atomic mass is 32.2. The smallest absolute Gasteiger partial charge is 0.407 e. The van der Waals surface area contributed by atoms with Crippen molar-refractivity contribution in [2.24, 2.45) is 0 Å². The van der Waals surface area contributed by atoms with Crippen molar-refractivity contribution in [2.75, 3.05) is 6.61 Å². The third-order valence-corrected chi connectivity index (χ3v) is 3.27. The number of carbonyl (C=O) groups excluding carboxylic acids is 1. The SMILES string of the molecule is O=C(NC1CCCCC1)OCC(F)C(F)(F)SO. The Labute approximate surface area is 107 Å². The van der Waals surface area contributed by atoms with Gasteiger partial charge in [-0.25, -0.2) is 9.18 Å². The van der Waals surface area contributed by atoms with E-state index in [-0.39, 0.29) is 6.04 Å². The molecule has 1 aliphatic carbocycles. The highest BCUT2D eigenvalue weighted by Gasteiger charge is 2.42. The number of ether oxygens (including phenoxy) is 1. The van der Waals surface area contributed by atoms with Gasteiger partial charge in [0.25, 0.3) is 0 Å². The highest BCUT2D eigenvalue weighted by molar-refractivity contribution is 7.94. The number of alkyl carbamates (subject to hydrolysis) is 1. The second-order valence-electron chi connectivity index (χ2n) is 4.20. The van der Waals surface area contributed by atoms with Crippen molar-refractivity contribution in [3.05, 3.63) is 0 Å². The van der Waals surface area contributed by atoms with Gasteiger partial charge in [-0.3, -0.25) is 0 Å². The number of hydrogen-bond acceptors (Lipinski definition) is 4. The van der Waals surface area contributed by atoms with Crippen LogP contribution in [0.2, 0.25) is 0 Å². The minimum absolute atomic E-state index is 0.0305. The fourth-order valence-corrected chi connectivity index (χ4v) is 1.94. The van der Waals surface area contributed by atoms with Crippen molar-refractivity contribution in [3.8, 4) is 0 Å². The molecule has 1 unspecified atom stereocenters. The summed E-state index contributed by atoms with van der Waals surface area (Å²) in [6.45, 7) is -1.08. The van der Waals surface area contributed by atoms with Gasteiger partial charge in [-0.05, 0) is 12.8 Å². The van der Waals surface area contributed by atoms with E-state index in [1.165, 1.54) is 0 Å². The summed E-state index contributed by atoms with van der Waals surface area (Å²) in [5.41, 5.74) is 0. The van der Waals surface area contributed by atoms with Gasteiger partial charge in [-0.1, -0.05) is 19.3 Å². The van der Waals surface area contributed by atoms with Gasteiger partial charge in [-0.2, -0.15) is 8.78 Å². The average Bonchev–Trinajstić information content (AvgIpc) is 2.37. The van der Waals surface area contributed by atoms with Crippen LogP contribution in [0, 0.1) is 0 Å². The van der Waals surface area contributed by atoms with Crippen LogP contribution in [-0.4, -0.2) is 34.7 Å². The molecule has 2 N–H and O–H groups in total. The van der Waals surface area contributed by atoms with E-state index in [1.807, 2.05) is 0 Å². The normalized spacial score (nSPS) is 19.3. The van der Waals surface area contributed by atoms with Gasteiger partial charge in [0.2, 0.25) is 6.17 Å². The predicted octanol–water partition coefficient (Wildman–Crippen LogP) is 3.18. The van der Waals surface area contributed by atoms with Crippen molar-refractivity contribution in [1.29, 1.82) is 0 Å². The fraction of sp³-hybridized carbons (Fsp3) is 0.900. The second kappa shape index (κ2) is 7.08. The summed E-state index contributed by atoms with van der Waals surface area (Å²) in [6.07, 6.45) is 1.10. The molecular weight excluding hydrogens is 271 g/mol. The van der Waals surface area contributed by atoms with Crippen molar-refractivity contribution in [1.82, 2.24) is 5.32 Å². The van der Waals surface area contributed by atoms with E-state index in [9.17, 15) is 18.0 Å². The van der Waals surface area contributed by atoms with E-state index in [0.29, 0.717) is 0 Å². The topological polar surface area (TPSA) is 58.6 Å². The first-order chi connectivity index (χ1) is 8.45. The van der Waals surface area contributed by atoms with Crippen molar-refractivity contribution in [3.63, 3.8) is 0 Å². The molecule has 1 saturated carbocycles. The monoisotopic (exact) mass is 287 g/mol. The van der Waals surface area contributed by atoms with Crippen LogP contribution in [0.3, 0.4) is 0 Å². The number of nitrogens with one attached hydrogen (secondary N) is 1. The molecule has 18 heavy (non-hydrogen) atoms. The van der Waals surface area contributed by atoms with Crippen LogP contribution in [-0.2, 0) is 4.74 Å². The molecule has 0 aromatic carbocycles. The fourth-order valence-electron chi connectivity index (χ4n) is 1.76. The molecule has 106 valence electrons. The summed E-state index contributed by atoms with van der Waals surface area (Å²) in [5, 5.41) is -1.47. The summed E-state index contributed by atoms with van der Waals surface area (Å²) in [5.74, 6) is 0. The number of hydrogen-bond donors (Lipinski definition) is 2. The molecule has 1 aliphatic rings. The molecule has 0 saturated heterocycles. The van der Waals surface area contributed by atoms with Crippen molar-refractivity contribution in [2.45, 2.75) is 49.6 Å². The largest absolute Gasteiger partial charge is 0.446 e. The maximum absolute atomic E-state index is 12.9. The van der Waals surface area contributed by atoms with E-state index in [2.05, 4.69) is 10.1 Å². The number of carbonyl (C=O) groups is 1. The molecular formula is C10H16F3NO3S. The molecule has 4 nitrogen and oxygen atoms in total. The Kier molecular flexibility index (Phi) is 6.07. The molecule has 0 spiro atoms. The van der Waals surface area contributed by atoms with Crippen LogP contribution in [0.25, 0.3) is 0 Å². The van der Waals surface area contributed by atoms with Crippen LogP contribution >= 0.6 is 12.0 Å². The first-order valence-corrected chi connectivity index (χ1v) is 6.51. The maximum Gasteiger partial charge on any atom is 0.407 e. The minimum atomic E-state index is -3.97. The Hall–Kier alpha value is -0.630. The molecule has 8 heteroatoms. The van der Waals surface area contributed by atoms with Gasteiger partial charge in [0.05, 0.1) is 12.0 Å².